The van der Waals surface area contributed by atoms with E-state index in [9.17, 15) is 4.79 Å². The molecule has 0 aliphatic heterocycles. The average Bonchev–Trinajstić information content (AvgIpc) is 2.82. The minimum atomic E-state index is -0.761. The van der Waals surface area contributed by atoms with E-state index in [4.69, 9.17) is 0 Å². The van der Waals surface area contributed by atoms with Crippen molar-refractivity contribution in [3.63, 3.8) is 0 Å². The van der Waals surface area contributed by atoms with Crippen molar-refractivity contribution in [2.24, 2.45) is 0 Å². The van der Waals surface area contributed by atoms with E-state index in [2.05, 4.69) is 84.2 Å². The van der Waals surface area contributed by atoms with Crippen molar-refractivity contribution in [2.45, 2.75) is 6.92 Å². The highest BCUT2D eigenvalue weighted by Gasteiger charge is 2.19. The maximum Gasteiger partial charge on any atom is 0.154 e. The number of hydrogen-bond donors (Lipinski definition) is 1. The summed E-state index contributed by atoms with van der Waals surface area (Å²) < 4.78 is 0. The van der Waals surface area contributed by atoms with Gasteiger partial charge < -0.3 is 5.32 Å². The van der Waals surface area contributed by atoms with E-state index in [-0.39, 0.29) is 5.78 Å². The number of nitrogens with one attached hydrogen (secondary N) is 1. The van der Waals surface area contributed by atoms with Crippen LogP contribution in [0.2, 0.25) is 0 Å². The molecule has 2 nitrogen and oxygen atoms in total. The van der Waals surface area contributed by atoms with E-state index >= 15 is 0 Å². The molecule has 4 aromatic carbocycles. The Morgan fingerprint density at radius 3 is 1.71 bits per heavy atom. The van der Waals surface area contributed by atoms with Gasteiger partial charge in [0, 0.05) is 22.8 Å². The predicted octanol–water partition coefficient (Wildman–Crippen LogP) is 5.49. The molecule has 1 N–H and O–H groups in total. The van der Waals surface area contributed by atoms with Gasteiger partial charge in [-0.2, -0.15) is 0 Å². The Kier molecular flexibility index (Phi) is 6.72. The predicted molar refractivity (Wildman–Crippen MR) is 134 cm³/mol. The lowest BCUT2D eigenvalue weighted by Crippen LogP contribution is -2.23. The summed E-state index contributed by atoms with van der Waals surface area (Å²) in [5.74, 6) is 0.0113. The van der Waals surface area contributed by atoms with Gasteiger partial charge in [0.25, 0.3) is 0 Å². The number of carbonyl (C=O) groups excluding carboxylic acids is 1. The third-order valence-electron chi connectivity index (χ3n) is 4.88. The number of rotatable bonds is 7. The molecular formula is C28H24NOP. The van der Waals surface area contributed by atoms with Gasteiger partial charge in [-0.1, -0.05) is 109 Å². The van der Waals surface area contributed by atoms with Crippen LogP contribution in [0.15, 0.2) is 121 Å². The average molecular weight is 421 g/mol. The fraction of sp³-hybridized carbons (Fsp3) is 0.0357. The Hall–Kier alpha value is -3.48. The van der Waals surface area contributed by atoms with E-state index in [1.54, 1.807) is 13.0 Å². The zero-order valence-corrected chi connectivity index (χ0v) is 18.3. The number of ketones is 1. The van der Waals surface area contributed by atoms with Crippen LogP contribution in [0.25, 0.3) is 5.70 Å². The molecule has 0 aliphatic rings. The Bertz CT molecular complexity index is 1130. The number of para-hydroxylation sites is 1. The molecule has 0 fully saturated rings. The van der Waals surface area contributed by atoms with Crippen LogP contribution in [-0.2, 0) is 4.79 Å². The SMILES string of the molecule is CC(=O)C=C(Nc1ccccc1P(c1ccccc1)c1ccccc1)c1ccccc1. The van der Waals surface area contributed by atoms with Crippen molar-refractivity contribution in [1.29, 1.82) is 0 Å². The van der Waals surface area contributed by atoms with Crippen molar-refractivity contribution >= 4 is 41.0 Å². The summed E-state index contributed by atoms with van der Waals surface area (Å²) in [7, 11) is -0.761. The maximum absolute atomic E-state index is 12.0. The lowest BCUT2D eigenvalue weighted by Gasteiger charge is -2.23. The fourth-order valence-corrected chi connectivity index (χ4v) is 5.91. The summed E-state index contributed by atoms with van der Waals surface area (Å²) in [6.07, 6.45) is 1.67. The molecule has 0 aromatic heterocycles. The van der Waals surface area contributed by atoms with Crippen molar-refractivity contribution in [3.8, 4) is 0 Å². The zero-order valence-electron chi connectivity index (χ0n) is 17.4. The summed E-state index contributed by atoms with van der Waals surface area (Å²) in [4.78, 5) is 12.0. The normalized spacial score (nSPS) is 11.4. The van der Waals surface area contributed by atoms with E-state index in [1.165, 1.54) is 15.9 Å². The van der Waals surface area contributed by atoms with Gasteiger partial charge in [0.1, 0.15) is 0 Å². The molecule has 0 heterocycles. The Balaban J connectivity index is 1.82. The minimum Gasteiger partial charge on any atom is -0.354 e. The maximum atomic E-state index is 12.0. The second-order valence-electron chi connectivity index (χ2n) is 7.18. The molecule has 0 bridgehead atoms. The summed E-state index contributed by atoms with van der Waals surface area (Å²) in [5, 5.41) is 7.37. The third kappa shape index (κ3) is 5.17. The van der Waals surface area contributed by atoms with Gasteiger partial charge in [-0.25, -0.2) is 0 Å². The van der Waals surface area contributed by atoms with Crippen LogP contribution in [0.3, 0.4) is 0 Å². The first-order chi connectivity index (χ1) is 15.2. The molecule has 4 aromatic rings. The summed E-state index contributed by atoms with van der Waals surface area (Å²) in [6, 6.07) is 39.6. The number of hydrogen-bond acceptors (Lipinski definition) is 2. The zero-order chi connectivity index (χ0) is 21.5. The van der Waals surface area contributed by atoms with Crippen molar-refractivity contribution in [1.82, 2.24) is 0 Å². The van der Waals surface area contributed by atoms with Crippen LogP contribution in [0.5, 0.6) is 0 Å². The third-order valence-corrected chi connectivity index (χ3v) is 7.38. The molecule has 0 spiro atoms. The van der Waals surface area contributed by atoms with E-state index in [1.807, 2.05) is 36.4 Å². The molecule has 0 saturated heterocycles. The highest BCUT2D eigenvalue weighted by Crippen LogP contribution is 2.36. The number of carbonyl (C=O) groups is 1. The van der Waals surface area contributed by atoms with Crippen LogP contribution in [0.4, 0.5) is 5.69 Å². The van der Waals surface area contributed by atoms with E-state index < -0.39 is 7.92 Å². The van der Waals surface area contributed by atoms with Crippen LogP contribution >= 0.6 is 7.92 Å². The van der Waals surface area contributed by atoms with E-state index in [0.717, 1.165) is 16.9 Å². The molecule has 0 radical (unpaired) electrons. The quantitative estimate of drug-likeness (QED) is 0.316. The molecule has 0 atom stereocenters. The highest BCUT2D eigenvalue weighted by atomic mass is 31.1. The number of benzene rings is 4. The first-order valence-corrected chi connectivity index (χ1v) is 11.6. The first kappa shape index (κ1) is 20.8. The summed E-state index contributed by atoms with van der Waals surface area (Å²) >= 11 is 0. The molecule has 0 saturated carbocycles. The fourth-order valence-electron chi connectivity index (χ4n) is 3.51. The molecular weight excluding hydrogens is 397 g/mol. The topological polar surface area (TPSA) is 29.1 Å². The van der Waals surface area contributed by atoms with Crippen molar-refractivity contribution in [3.05, 3.63) is 127 Å². The van der Waals surface area contributed by atoms with Gasteiger partial charge in [-0.3, -0.25) is 4.79 Å². The Morgan fingerprint density at radius 1 is 0.677 bits per heavy atom. The Labute approximate surface area is 185 Å². The Morgan fingerprint density at radius 2 is 1.16 bits per heavy atom. The molecule has 3 heteroatoms. The van der Waals surface area contributed by atoms with E-state index in [0.29, 0.717) is 0 Å². The second-order valence-corrected chi connectivity index (χ2v) is 9.37. The van der Waals surface area contributed by atoms with Crippen LogP contribution in [-0.4, -0.2) is 5.78 Å². The number of anilines is 1. The van der Waals surface area contributed by atoms with Gasteiger partial charge in [0.05, 0.1) is 0 Å². The lowest BCUT2D eigenvalue weighted by molar-refractivity contribution is -0.112. The summed E-state index contributed by atoms with van der Waals surface area (Å²) in [6.45, 7) is 1.58. The lowest BCUT2D eigenvalue weighted by atomic mass is 10.1. The van der Waals surface area contributed by atoms with Gasteiger partial charge >= 0.3 is 0 Å². The number of allylic oxidation sites excluding steroid dienone is 1. The molecule has 31 heavy (non-hydrogen) atoms. The smallest absolute Gasteiger partial charge is 0.154 e. The molecule has 152 valence electrons. The second kappa shape index (κ2) is 10.0. The largest absolute Gasteiger partial charge is 0.354 e. The highest BCUT2D eigenvalue weighted by molar-refractivity contribution is 7.80. The van der Waals surface area contributed by atoms with Crippen molar-refractivity contribution < 1.29 is 4.79 Å². The minimum absolute atomic E-state index is 0.0113. The first-order valence-electron chi connectivity index (χ1n) is 10.3. The van der Waals surface area contributed by atoms with Gasteiger partial charge in [0.2, 0.25) is 0 Å². The van der Waals surface area contributed by atoms with Gasteiger partial charge in [0.15, 0.2) is 5.78 Å². The molecule has 4 rings (SSSR count). The summed E-state index contributed by atoms with van der Waals surface area (Å²) in [5.41, 5.74) is 2.80. The molecule has 0 amide bonds. The molecule has 0 aliphatic carbocycles. The van der Waals surface area contributed by atoms with Crippen LogP contribution < -0.4 is 21.2 Å². The van der Waals surface area contributed by atoms with Crippen LogP contribution in [0.1, 0.15) is 12.5 Å². The molecule has 0 unspecified atom stereocenters. The standard InChI is InChI=1S/C28H24NOP/c1-22(30)21-27(23-13-5-2-6-14-23)29-26-19-11-12-20-28(26)31(24-15-7-3-8-16-24)25-17-9-4-10-18-25/h2-21,29H,1H3. The van der Waals surface area contributed by atoms with Crippen LogP contribution in [0, 0.1) is 0 Å². The van der Waals surface area contributed by atoms with Crippen molar-refractivity contribution in [2.75, 3.05) is 5.32 Å². The van der Waals surface area contributed by atoms with Gasteiger partial charge in [-0.05, 0) is 37.1 Å². The monoisotopic (exact) mass is 421 g/mol. The van der Waals surface area contributed by atoms with Gasteiger partial charge in [-0.15, -0.1) is 0 Å².